The minimum Gasteiger partial charge on any atom is -0.428 e. The van der Waals surface area contributed by atoms with Gasteiger partial charge in [-0.3, -0.25) is 9.59 Å². The van der Waals surface area contributed by atoms with Crippen molar-refractivity contribution in [2.24, 2.45) is 44.1 Å². The molecule has 2 amide bonds. The van der Waals surface area contributed by atoms with Gasteiger partial charge in [-0.05, 0) is 175 Å². The van der Waals surface area contributed by atoms with Crippen LogP contribution in [-0.2, 0) is 43.1 Å². The van der Waals surface area contributed by atoms with Crippen LogP contribution in [0.3, 0.4) is 0 Å². The van der Waals surface area contributed by atoms with Crippen molar-refractivity contribution in [1.29, 1.82) is 0 Å². The van der Waals surface area contributed by atoms with Crippen molar-refractivity contribution >= 4 is 11.8 Å². The van der Waals surface area contributed by atoms with Crippen LogP contribution in [-0.4, -0.2) is 103 Å². The number of nitrogens with one attached hydrogen (secondary N) is 1. The maximum absolute atomic E-state index is 11.2. The van der Waals surface area contributed by atoms with Crippen molar-refractivity contribution < 1.29 is 23.8 Å². The summed E-state index contributed by atoms with van der Waals surface area (Å²) >= 11 is 0. The lowest BCUT2D eigenvalue weighted by Gasteiger charge is -2.36. The van der Waals surface area contributed by atoms with E-state index in [0.717, 1.165) is 43.5 Å². The normalized spacial score (nSPS) is 18.6. The summed E-state index contributed by atoms with van der Waals surface area (Å²) in [5.41, 5.74) is 11.8. The summed E-state index contributed by atoms with van der Waals surface area (Å²) in [5.74, 6) is 3.04. The van der Waals surface area contributed by atoms with Crippen LogP contribution in [0.25, 0.3) is 0 Å². The van der Waals surface area contributed by atoms with Crippen LogP contribution in [0.15, 0.2) is 115 Å². The van der Waals surface area contributed by atoms with E-state index in [9.17, 15) is 9.59 Å². The van der Waals surface area contributed by atoms with E-state index < -0.39 is 0 Å². The molecule has 0 aromatic heterocycles. The fraction of sp³-hybridized carbons (Fsp3) is 0.692. The smallest absolute Gasteiger partial charge is 0.282 e. The first-order chi connectivity index (χ1) is 40.2. The predicted octanol–water partition coefficient (Wildman–Crippen LogP) is 18.5. The zero-order chi connectivity index (χ0) is 67.6. The number of likely N-dealkylation sites (tertiary alicyclic amines) is 2. The number of carbonyl (C=O) groups is 2. The summed E-state index contributed by atoms with van der Waals surface area (Å²) < 4.78 is 15.9. The highest BCUT2D eigenvalue weighted by atomic mass is 16.7. The zero-order valence-corrected chi connectivity index (χ0v) is 61.7. The van der Waals surface area contributed by atoms with E-state index in [2.05, 4.69) is 234 Å². The standard InChI is InChI=1S/C14H21NO.C14H23N.C12H19N.C10H19NO.C10H16O3.C9H19N.C9H18/c1-11(16)15-13(14(2,3)4)10-12-8-6-5-7-9-12;1-14(2,3)13(15(4)5)11-12-9-7-6-8-10-12;1-12(2,3)11(13)9-10-7-5-4-6-8-10;1-8(12)11-7-5-6-9(11)10(2,3)4;1-7-9(13-8(2)12-7)6-11-10(3,4)5;1-9(2,3)8-6-5-7-10(8)4;1-9(2,3)8-6-4-5-7-8/h5-9,13H,10H2,1-4H3,(H,15,16);6-10,13H,11H2,1-5H3;4-8,11H,9,13H2,1-3H3;9H,5-7H2,1-4H3;2,6H2,1,3-5H3;8H,5-7H2,1-4H3;8H,4-7H2,1-3H3. The summed E-state index contributed by atoms with van der Waals surface area (Å²) in [4.78, 5) is 29.2. The predicted molar refractivity (Wildman–Crippen MR) is 378 cm³/mol. The molecule has 502 valence electrons. The quantitative estimate of drug-likeness (QED) is 0.207. The number of allylic oxidation sites excluding steroid dienone is 1. The van der Waals surface area contributed by atoms with Crippen molar-refractivity contribution in [3.05, 3.63) is 132 Å². The van der Waals surface area contributed by atoms with Gasteiger partial charge in [0.25, 0.3) is 5.95 Å². The Morgan fingerprint density at radius 2 is 1.02 bits per heavy atom. The molecule has 7 rings (SSSR count). The van der Waals surface area contributed by atoms with Crippen molar-refractivity contribution in [3.8, 4) is 0 Å². The molecule has 2 saturated heterocycles. The summed E-state index contributed by atoms with van der Waals surface area (Å²) in [6.45, 7) is 57.9. The molecule has 0 bridgehead atoms. The van der Waals surface area contributed by atoms with Gasteiger partial charge in [-0.25, -0.2) is 0 Å². The number of carbonyl (C=O) groups excluding carboxylic acids is 2. The van der Waals surface area contributed by atoms with E-state index in [1.807, 2.05) is 56.9 Å². The monoisotopic (exact) mass is 1220 g/mol. The van der Waals surface area contributed by atoms with E-state index in [4.69, 9.17) is 19.9 Å². The largest absolute Gasteiger partial charge is 0.428 e. The Labute approximate surface area is 542 Å². The van der Waals surface area contributed by atoms with Crippen LogP contribution in [0.1, 0.15) is 234 Å². The third kappa shape index (κ3) is 34.1. The maximum Gasteiger partial charge on any atom is 0.282 e. The topological polar surface area (TPSA) is 110 Å². The van der Waals surface area contributed by atoms with Gasteiger partial charge in [0.2, 0.25) is 11.8 Å². The number of nitrogens with two attached hydrogens (primary N) is 1. The molecular formula is C78H135N5O5. The number of benzene rings is 3. The van der Waals surface area contributed by atoms with Crippen molar-refractivity contribution in [2.75, 3.05) is 40.8 Å². The number of hydrogen-bond acceptors (Lipinski definition) is 8. The molecule has 3 fully saturated rings. The summed E-state index contributed by atoms with van der Waals surface area (Å²) in [6, 6.07) is 33.7. The second-order valence-electron chi connectivity index (χ2n) is 33.1. The molecule has 5 unspecified atom stereocenters. The molecule has 3 N–H and O–H groups in total. The fourth-order valence-electron chi connectivity index (χ4n) is 11.7. The minimum atomic E-state index is -0.166. The molecule has 0 spiro atoms. The van der Waals surface area contributed by atoms with Crippen molar-refractivity contribution in [3.63, 3.8) is 0 Å². The Morgan fingerprint density at radius 3 is 1.32 bits per heavy atom. The second-order valence-corrected chi connectivity index (χ2v) is 33.1. The maximum atomic E-state index is 11.2. The Hall–Kier alpha value is -4.48. The van der Waals surface area contributed by atoms with Gasteiger partial charge in [-0.2, -0.15) is 0 Å². The van der Waals surface area contributed by atoms with Crippen LogP contribution >= 0.6 is 0 Å². The average Bonchev–Trinajstić information content (AvgIpc) is 3.96. The van der Waals surface area contributed by atoms with Crippen LogP contribution in [0.4, 0.5) is 0 Å². The minimum absolute atomic E-state index is 0.0378. The molecular weight excluding hydrogens is 1090 g/mol. The highest BCUT2D eigenvalue weighted by molar-refractivity contribution is 5.74. The van der Waals surface area contributed by atoms with Gasteiger partial charge in [0.05, 0.1) is 5.60 Å². The number of likely N-dealkylation sites (N-methyl/N-ethyl adjacent to an activating group) is 1. The van der Waals surface area contributed by atoms with Gasteiger partial charge in [0, 0.05) is 50.6 Å². The molecule has 1 aliphatic carbocycles. The van der Waals surface area contributed by atoms with Gasteiger partial charge in [0.1, 0.15) is 12.4 Å². The first kappa shape index (κ1) is 81.5. The number of hydrogen-bond donors (Lipinski definition) is 2. The van der Waals surface area contributed by atoms with Gasteiger partial charge >= 0.3 is 0 Å². The first-order valence-corrected chi connectivity index (χ1v) is 33.4. The summed E-state index contributed by atoms with van der Waals surface area (Å²) in [5, 5.41) is 3.03. The van der Waals surface area contributed by atoms with E-state index in [1.54, 1.807) is 13.8 Å². The van der Waals surface area contributed by atoms with E-state index >= 15 is 0 Å². The molecule has 1 saturated carbocycles. The van der Waals surface area contributed by atoms with Crippen LogP contribution in [0.5, 0.6) is 0 Å². The summed E-state index contributed by atoms with van der Waals surface area (Å²) in [7, 11) is 6.57. The summed E-state index contributed by atoms with van der Waals surface area (Å²) in [6.07, 6.45) is 14.0. The molecule has 10 heteroatoms. The average molecular weight is 1220 g/mol. The van der Waals surface area contributed by atoms with Gasteiger partial charge in [0.15, 0.2) is 5.76 Å². The Kier molecular flexibility index (Phi) is 34.4. The molecule has 3 aromatic carbocycles. The van der Waals surface area contributed by atoms with Crippen LogP contribution in [0, 0.1) is 38.4 Å². The highest BCUT2D eigenvalue weighted by Gasteiger charge is 2.36. The molecule has 10 nitrogen and oxygen atoms in total. The number of rotatable bonds is 10. The van der Waals surface area contributed by atoms with Crippen LogP contribution in [0.2, 0.25) is 0 Å². The van der Waals surface area contributed by atoms with Gasteiger partial charge < -0.3 is 40.0 Å². The Balaban J connectivity index is 0.000000517. The molecule has 5 atom stereocenters. The SMILES string of the molecule is C=C1OC(C)=C(COC(C)(C)C)O1.CC(=O)N1CCCC1C(C)(C)C.CC(=O)NC(Cc1ccccc1)C(C)(C)C.CC(C)(C)C(N)Cc1ccccc1.CC(C)(C)C1CCCC1.CN(C)C(Cc1ccccc1)C(C)(C)C.CN1CCCC1C(C)(C)C. The van der Waals surface area contributed by atoms with E-state index in [-0.39, 0.29) is 45.7 Å². The third-order valence-electron chi connectivity index (χ3n) is 17.3. The Morgan fingerprint density at radius 1 is 0.591 bits per heavy atom. The van der Waals surface area contributed by atoms with E-state index in [1.165, 1.54) is 74.6 Å². The zero-order valence-electron chi connectivity index (χ0n) is 61.7. The molecule has 4 aliphatic rings. The van der Waals surface area contributed by atoms with Crippen molar-refractivity contribution in [1.82, 2.24) is 20.0 Å². The van der Waals surface area contributed by atoms with Crippen LogP contribution < -0.4 is 11.1 Å². The lowest BCUT2D eigenvalue weighted by atomic mass is 9.80. The molecule has 3 aromatic rings. The lowest BCUT2D eigenvalue weighted by Crippen LogP contribution is -2.44. The van der Waals surface area contributed by atoms with Gasteiger partial charge in [-0.15, -0.1) is 0 Å². The second kappa shape index (κ2) is 37.1. The molecule has 0 radical (unpaired) electrons. The van der Waals surface area contributed by atoms with Crippen molar-refractivity contribution in [2.45, 2.75) is 273 Å². The van der Waals surface area contributed by atoms with Gasteiger partial charge in [-0.1, -0.05) is 228 Å². The number of nitrogens with zero attached hydrogens (tertiary/aromatic N) is 3. The fourth-order valence-corrected chi connectivity index (χ4v) is 11.7. The molecule has 3 heterocycles. The lowest BCUT2D eigenvalue weighted by molar-refractivity contribution is -0.131. The Bertz CT molecular complexity index is 2430. The first-order valence-electron chi connectivity index (χ1n) is 33.4. The molecule has 88 heavy (non-hydrogen) atoms. The number of amides is 2. The third-order valence-corrected chi connectivity index (χ3v) is 17.3. The molecule has 3 aliphatic heterocycles. The number of ether oxygens (including phenoxy) is 3. The highest BCUT2D eigenvalue weighted by Crippen LogP contribution is 2.39. The van der Waals surface area contributed by atoms with E-state index in [0.29, 0.717) is 46.6 Å².